The molecule has 10 heteroatoms. The first-order valence-electron chi connectivity index (χ1n) is 12.6. The van der Waals surface area contributed by atoms with Crippen LogP contribution < -0.4 is 9.62 Å². The molecule has 4 fully saturated rings. The summed E-state index contributed by atoms with van der Waals surface area (Å²) in [6.07, 6.45) is 4.91. The first-order chi connectivity index (χ1) is 16.8. The summed E-state index contributed by atoms with van der Waals surface area (Å²) in [4.78, 5) is 41.0. The average Bonchev–Trinajstić information content (AvgIpc) is 3.57. The molecule has 3 saturated heterocycles. The molecule has 0 unspecified atom stereocenters. The van der Waals surface area contributed by atoms with Crippen molar-refractivity contribution in [3.63, 3.8) is 0 Å². The average molecular weight is 504 g/mol. The summed E-state index contributed by atoms with van der Waals surface area (Å²) in [6.45, 7) is 2.89. The number of amides is 2. The molecule has 1 aromatic carbocycles. The fourth-order valence-electron chi connectivity index (χ4n) is 6.05. The summed E-state index contributed by atoms with van der Waals surface area (Å²) >= 11 is 0. The van der Waals surface area contributed by atoms with E-state index in [-0.39, 0.29) is 47.9 Å². The van der Waals surface area contributed by atoms with E-state index in [9.17, 15) is 22.8 Å². The molecule has 4 atom stereocenters. The smallest absolute Gasteiger partial charge is 0.251 e. The molecule has 1 aliphatic carbocycles. The number of sulfonamides is 1. The Bertz CT molecular complexity index is 1100. The van der Waals surface area contributed by atoms with Crippen LogP contribution in [0.2, 0.25) is 0 Å². The maximum absolute atomic E-state index is 13.7. The predicted molar refractivity (Wildman–Crippen MR) is 129 cm³/mol. The van der Waals surface area contributed by atoms with Crippen molar-refractivity contribution in [2.75, 3.05) is 29.8 Å². The topological polar surface area (TPSA) is 113 Å². The molecule has 1 saturated carbocycles. The third-order valence-corrected chi connectivity index (χ3v) is 9.78. The van der Waals surface area contributed by atoms with E-state index < -0.39 is 22.1 Å². The zero-order chi connectivity index (χ0) is 24.7. The summed E-state index contributed by atoms with van der Waals surface area (Å²) in [6, 6.07) is 5.23. The first-order valence-corrected chi connectivity index (χ1v) is 14.2. The van der Waals surface area contributed by atoms with Crippen molar-refractivity contribution in [2.45, 2.75) is 63.6 Å². The van der Waals surface area contributed by atoms with Crippen molar-refractivity contribution in [3.05, 3.63) is 29.8 Å². The highest BCUT2D eigenvalue weighted by Gasteiger charge is 2.52. The summed E-state index contributed by atoms with van der Waals surface area (Å²) in [5, 5.41) is 2.96. The lowest BCUT2D eigenvalue weighted by Gasteiger charge is -2.31. The highest BCUT2D eigenvalue weighted by atomic mass is 32.2. The van der Waals surface area contributed by atoms with Gasteiger partial charge in [-0.3, -0.25) is 18.7 Å². The van der Waals surface area contributed by atoms with Crippen LogP contribution in [0.5, 0.6) is 0 Å². The summed E-state index contributed by atoms with van der Waals surface area (Å²) in [7, 11) is -3.33. The van der Waals surface area contributed by atoms with Gasteiger partial charge < -0.3 is 15.0 Å². The second kappa shape index (κ2) is 9.54. The lowest BCUT2D eigenvalue weighted by Crippen LogP contribution is -2.54. The molecule has 3 heterocycles. The fourth-order valence-corrected chi connectivity index (χ4v) is 7.69. The predicted octanol–water partition coefficient (Wildman–Crippen LogP) is 1.72. The lowest BCUT2D eigenvalue weighted by molar-refractivity contribution is -0.139. The number of anilines is 1. The van der Waals surface area contributed by atoms with E-state index in [4.69, 9.17) is 4.74 Å². The van der Waals surface area contributed by atoms with Gasteiger partial charge in [-0.2, -0.15) is 0 Å². The Labute approximate surface area is 206 Å². The lowest BCUT2D eigenvalue weighted by atomic mass is 9.95. The largest absolute Gasteiger partial charge is 0.367 e. The number of fused-ring (bicyclic) bond motifs is 1. The second-order valence-electron chi connectivity index (χ2n) is 10.3. The highest BCUT2D eigenvalue weighted by Crippen LogP contribution is 2.35. The number of ether oxygens (including phenoxy) is 1. The van der Waals surface area contributed by atoms with Crippen molar-refractivity contribution in [1.82, 2.24) is 10.2 Å². The Hall–Kier alpha value is -2.46. The number of hydrogen-bond acceptors (Lipinski definition) is 6. The third-order valence-electron chi connectivity index (χ3n) is 7.91. The quantitative estimate of drug-likeness (QED) is 0.655. The van der Waals surface area contributed by atoms with Gasteiger partial charge in [0.1, 0.15) is 18.7 Å². The normalized spacial score (nSPS) is 29.3. The van der Waals surface area contributed by atoms with E-state index in [1.165, 1.54) is 4.31 Å². The molecular weight excluding hydrogens is 470 g/mol. The number of carbonyl (C=O) groups excluding carboxylic acids is 3. The van der Waals surface area contributed by atoms with Gasteiger partial charge in [-0.25, -0.2) is 8.42 Å². The van der Waals surface area contributed by atoms with Crippen molar-refractivity contribution >= 4 is 33.3 Å². The van der Waals surface area contributed by atoms with Crippen molar-refractivity contribution in [1.29, 1.82) is 0 Å². The minimum atomic E-state index is -3.33. The van der Waals surface area contributed by atoms with Gasteiger partial charge in [0.15, 0.2) is 5.78 Å². The van der Waals surface area contributed by atoms with Crippen LogP contribution in [0.1, 0.15) is 55.8 Å². The van der Waals surface area contributed by atoms with Crippen LogP contribution >= 0.6 is 0 Å². The molecular formula is C25H33N3O6S. The molecule has 2 amide bonds. The van der Waals surface area contributed by atoms with Crippen LogP contribution in [0.25, 0.3) is 0 Å². The van der Waals surface area contributed by atoms with Crippen LogP contribution in [-0.2, 0) is 24.3 Å². The van der Waals surface area contributed by atoms with Crippen LogP contribution in [0.15, 0.2) is 24.3 Å². The van der Waals surface area contributed by atoms with Gasteiger partial charge in [-0.15, -0.1) is 0 Å². The summed E-state index contributed by atoms with van der Waals surface area (Å²) < 4.78 is 31.8. The molecule has 35 heavy (non-hydrogen) atoms. The molecule has 0 bridgehead atoms. The van der Waals surface area contributed by atoms with Gasteiger partial charge in [0, 0.05) is 24.6 Å². The Morgan fingerprint density at radius 1 is 1.09 bits per heavy atom. The Morgan fingerprint density at radius 2 is 1.80 bits per heavy atom. The summed E-state index contributed by atoms with van der Waals surface area (Å²) in [5.74, 6) is -0.441. The maximum atomic E-state index is 13.7. The third kappa shape index (κ3) is 4.58. The SMILES string of the molecule is C[C@@H]1CN(C(=O)[C@@H](NC(=O)c2ccc(N3CCCCS3(=O)=O)cc2)C2CCCC2)[C@@H]2C(=O)CO[C@H]12. The second-order valence-corrected chi connectivity index (χ2v) is 12.3. The molecule has 0 radical (unpaired) electrons. The molecule has 5 rings (SSSR count). The van der Waals surface area contributed by atoms with Gasteiger partial charge in [0.25, 0.3) is 5.91 Å². The van der Waals surface area contributed by atoms with E-state index in [1.54, 1.807) is 29.2 Å². The molecule has 9 nitrogen and oxygen atoms in total. The Kier molecular flexibility index (Phi) is 6.61. The van der Waals surface area contributed by atoms with Crippen LogP contribution in [0.4, 0.5) is 5.69 Å². The molecule has 3 aliphatic heterocycles. The number of Topliss-reactive ketones (excluding diaryl/α,β-unsaturated/α-hetero) is 1. The van der Waals surface area contributed by atoms with Gasteiger partial charge >= 0.3 is 0 Å². The molecule has 0 aromatic heterocycles. The first kappa shape index (κ1) is 24.2. The number of nitrogens with zero attached hydrogens (tertiary/aromatic N) is 2. The number of hydrogen-bond donors (Lipinski definition) is 1. The number of nitrogens with one attached hydrogen (secondary N) is 1. The molecule has 4 aliphatic rings. The monoisotopic (exact) mass is 503 g/mol. The Balaban J connectivity index is 1.33. The molecule has 0 spiro atoms. The van der Waals surface area contributed by atoms with E-state index in [0.29, 0.717) is 30.8 Å². The number of benzene rings is 1. The van der Waals surface area contributed by atoms with Crippen molar-refractivity contribution in [3.8, 4) is 0 Å². The maximum Gasteiger partial charge on any atom is 0.251 e. The van der Waals surface area contributed by atoms with Crippen LogP contribution in [-0.4, -0.2) is 74.6 Å². The number of carbonyl (C=O) groups is 3. The van der Waals surface area contributed by atoms with Gasteiger partial charge in [0.2, 0.25) is 15.9 Å². The van der Waals surface area contributed by atoms with Crippen molar-refractivity contribution < 1.29 is 27.5 Å². The molecule has 190 valence electrons. The van der Waals surface area contributed by atoms with Crippen LogP contribution in [0, 0.1) is 11.8 Å². The van der Waals surface area contributed by atoms with Crippen LogP contribution in [0.3, 0.4) is 0 Å². The Morgan fingerprint density at radius 3 is 2.49 bits per heavy atom. The van der Waals surface area contributed by atoms with E-state index in [1.807, 2.05) is 6.92 Å². The minimum Gasteiger partial charge on any atom is -0.367 e. The zero-order valence-corrected chi connectivity index (χ0v) is 20.8. The van der Waals surface area contributed by atoms with E-state index in [0.717, 1.165) is 32.1 Å². The minimum absolute atomic E-state index is 0.0241. The number of likely N-dealkylation sites (tertiary alicyclic amines) is 1. The van der Waals surface area contributed by atoms with Gasteiger partial charge in [-0.05, 0) is 55.9 Å². The number of rotatable bonds is 5. The van der Waals surface area contributed by atoms with Gasteiger partial charge in [-0.1, -0.05) is 19.8 Å². The summed E-state index contributed by atoms with van der Waals surface area (Å²) in [5.41, 5.74) is 0.911. The zero-order valence-electron chi connectivity index (χ0n) is 20.0. The standard InChI is InChI=1S/C25H33N3O6S/c1-16-14-27(22-20(29)15-34-23(16)22)25(31)21(17-6-2-3-7-17)26-24(30)18-8-10-19(11-9-18)28-12-4-5-13-35(28,32)33/h8-11,16-17,21-23H,2-7,12-15H2,1H3,(H,26,30)/t16-,21+,22-,23-/m1/s1. The van der Waals surface area contributed by atoms with Gasteiger partial charge in [0.05, 0.1) is 17.5 Å². The molecule has 1 aromatic rings. The van der Waals surface area contributed by atoms with E-state index in [2.05, 4.69) is 5.32 Å². The van der Waals surface area contributed by atoms with E-state index >= 15 is 0 Å². The molecule has 1 N–H and O–H groups in total. The van der Waals surface area contributed by atoms with Crippen molar-refractivity contribution in [2.24, 2.45) is 11.8 Å². The fraction of sp³-hybridized carbons (Fsp3) is 0.640. The number of ketones is 1. The highest BCUT2D eigenvalue weighted by molar-refractivity contribution is 7.92.